The smallest absolute Gasteiger partial charge is 0.235 e. The molecular weight excluding hydrogens is 460 g/mol. The fourth-order valence-electron chi connectivity index (χ4n) is 4.27. The van der Waals surface area contributed by atoms with E-state index in [0.29, 0.717) is 24.1 Å². The number of methoxy groups -OCH3 is 1. The largest absolute Gasteiger partial charge is 0.485 e. The number of hydrogen-bond donors (Lipinski definition) is 0. The zero-order valence-electron chi connectivity index (χ0n) is 20.6. The van der Waals surface area contributed by atoms with E-state index in [1.807, 2.05) is 52.8 Å². The van der Waals surface area contributed by atoms with Gasteiger partial charge in [0.15, 0.2) is 11.0 Å². The molecule has 186 valence electrons. The minimum atomic E-state index is -0.230. The Morgan fingerprint density at radius 3 is 2.46 bits per heavy atom. The van der Waals surface area contributed by atoms with E-state index in [2.05, 4.69) is 28.4 Å². The van der Waals surface area contributed by atoms with Crippen molar-refractivity contribution < 1.29 is 14.3 Å². The molecule has 8 heteroatoms. The van der Waals surface area contributed by atoms with E-state index >= 15 is 0 Å². The number of amides is 1. The van der Waals surface area contributed by atoms with Crippen LogP contribution < -0.4 is 4.74 Å². The summed E-state index contributed by atoms with van der Waals surface area (Å²) >= 11 is 1.46. The molecule has 7 nitrogen and oxygen atoms in total. The fourth-order valence-corrected chi connectivity index (χ4v) is 5.25. The van der Waals surface area contributed by atoms with Crippen molar-refractivity contribution in [1.29, 1.82) is 0 Å². The lowest BCUT2D eigenvalue weighted by Crippen LogP contribution is -2.37. The first kappa shape index (κ1) is 25.3. The molecule has 0 N–H and O–H groups in total. The van der Waals surface area contributed by atoms with E-state index in [1.165, 1.54) is 24.6 Å². The monoisotopic (exact) mass is 494 g/mol. The molecule has 35 heavy (non-hydrogen) atoms. The van der Waals surface area contributed by atoms with Crippen LogP contribution in [0.25, 0.3) is 11.1 Å². The van der Waals surface area contributed by atoms with Gasteiger partial charge in [-0.15, -0.1) is 10.2 Å². The van der Waals surface area contributed by atoms with Crippen LogP contribution in [-0.2, 0) is 22.7 Å². The number of aromatic nitrogens is 3. The lowest BCUT2D eigenvalue weighted by atomic mass is 10.1. The number of carbonyl (C=O) groups is 1. The molecule has 1 amide bonds. The van der Waals surface area contributed by atoms with E-state index in [1.54, 1.807) is 7.11 Å². The van der Waals surface area contributed by atoms with E-state index < -0.39 is 0 Å². The van der Waals surface area contributed by atoms with Gasteiger partial charge in [-0.3, -0.25) is 4.79 Å². The number of benzene rings is 2. The highest BCUT2D eigenvalue weighted by Gasteiger charge is 2.25. The summed E-state index contributed by atoms with van der Waals surface area (Å²) in [5, 5.41) is 9.32. The van der Waals surface area contributed by atoms with Gasteiger partial charge < -0.3 is 18.9 Å². The summed E-state index contributed by atoms with van der Waals surface area (Å²) in [6, 6.07) is 18.2. The first-order valence-electron chi connectivity index (χ1n) is 12.3. The number of likely N-dealkylation sites (tertiary alicyclic amines) is 1. The molecule has 0 spiro atoms. The van der Waals surface area contributed by atoms with Gasteiger partial charge >= 0.3 is 0 Å². The first-order valence-corrected chi connectivity index (χ1v) is 13.2. The van der Waals surface area contributed by atoms with Gasteiger partial charge in [0.1, 0.15) is 12.4 Å². The van der Waals surface area contributed by atoms with Crippen LogP contribution in [0.5, 0.6) is 5.75 Å². The average Bonchev–Trinajstić information content (AvgIpc) is 3.07. The Bertz CT molecular complexity index is 1080. The predicted octanol–water partition coefficient (Wildman–Crippen LogP) is 5.05. The van der Waals surface area contributed by atoms with Gasteiger partial charge in [-0.25, -0.2) is 0 Å². The molecule has 2 heterocycles. The Kier molecular flexibility index (Phi) is 9.20. The van der Waals surface area contributed by atoms with Crippen molar-refractivity contribution in [2.24, 2.45) is 0 Å². The van der Waals surface area contributed by atoms with E-state index in [-0.39, 0.29) is 17.8 Å². The Morgan fingerprint density at radius 1 is 1.00 bits per heavy atom. The van der Waals surface area contributed by atoms with Gasteiger partial charge in [-0.05, 0) is 31.4 Å². The topological polar surface area (TPSA) is 69.5 Å². The zero-order valence-corrected chi connectivity index (χ0v) is 21.4. The first-order chi connectivity index (χ1) is 17.2. The molecule has 0 radical (unpaired) electrons. The highest BCUT2D eigenvalue weighted by atomic mass is 32.2. The number of ether oxygens (including phenoxy) is 2. The second kappa shape index (κ2) is 12.7. The minimum Gasteiger partial charge on any atom is -0.485 e. The summed E-state index contributed by atoms with van der Waals surface area (Å²) in [7, 11) is 1.68. The summed E-state index contributed by atoms with van der Waals surface area (Å²) in [5.74, 6) is 1.67. The van der Waals surface area contributed by atoms with E-state index in [9.17, 15) is 4.79 Å². The lowest BCUT2D eigenvalue weighted by molar-refractivity contribution is -0.130. The molecule has 1 atom stereocenters. The third-order valence-corrected chi connectivity index (χ3v) is 7.26. The Labute approximate surface area is 211 Å². The van der Waals surface area contributed by atoms with Crippen LogP contribution in [-0.4, -0.2) is 57.6 Å². The summed E-state index contributed by atoms with van der Waals surface area (Å²) in [6.45, 7) is 5.04. The van der Waals surface area contributed by atoms with E-state index in [4.69, 9.17) is 9.47 Å². The average molecular weight is 495 g/mol. The zero-order chi connectivity index (χ0) is 24.5. The molecule has 4 rings (SSSR count). The maximum atomic E-state index is 13.1. The van der Waals surface area contributed by atoms with Gasteiger partial charge in [0.25, 0.3) is 0 Å². The predicted molar refractivity (Wildman–Crippen MR) is 138 cm³/mol. The van der Waals surface area contributed by atoms with Gasteiger partial charge in [0, 0.05) is 32.3 Å². The quantitative estimate of drug-likeness (QED) is 0.367. The van der Waals surface area contributed by atoms with Crippen molar-refractivity contribution in [3.05, 3.63) is 60.4 Å². The number of hydrogen-bond acceptors (Lipinski definition) is 6. The van der Waals surface area contributed by atoms with Crippen molar-refractivity contribution in [1.82, 2.24) is 19.7 Å². The SMILES string of the molecule is COCCn1c(COc2ccccc2-c2ccccc2)nnc1SC(C)C(=O)N1CCCCCC1. The van der Waals surface area contributed by atoms with Gasteiger partial charge in [0.2, 0.25) is 5.91 Å². The molecule has 0 aliphatic carbocycles. The summed E-state index contributed by atoms with van der Waals surface area (Å²) in [6.07, 6.45) is 4.57. The Hall–Kier alpha value is -2.84. The number of nitrogens with zero attached hydrogens (tertiary/aromatic N) is 4. The Balaban J connectivity index is 1.48. The van der Waals surface area contributed by atoms with Crippen molar-refractivity contribution in [2.45, 2.75) is 56.2 Å². The molecule has 1 saturated heterocycles. The molecule has 1 fully saturated rings. The maximum Gasteiger partial charge on any atom is 0.235 e. The molecule has 3 aromatic rings. The van der Waals surface area contributed by atoms with E-state index in [0.717, 1.165) is 42.8 Å². The molecular formula is C27H34N4O3S. The van der Waals surface area contributed by atoms with Crippen molar-refractivity contribution >= 4 is 17.7 Å². The van der Waals surface area contributed by atoms with Gasteiger partial charge in [-0.2, -0.15) is 0 Å². The fraction of sp³-hybridized carbons (Fsp3) is 0.444. The van der Waals surface area contributed by atoms with Crippen LogP contribution in [0.2, 0.25) is 0 Å². The van der Waals surface area contributed by atoms with Crippen LogP contribution >= 0.6 is 11.8 Å². The molecule has 1 aliphatic rings. The summed E-state index contributed by atoms with van der Waals surface area (Å²) in [5.41, 5.74) is 2.13. The van der Waals surface area contributed by atoms with Crippen molar-refractivity contribution in [3.63, 3.8) is 0 Å². The maximum absolute atomic E-state index is 13.1. The number of para-hydroxylation sites is 1. The molecule has 0 saturated carbocycles. The lowest BCUT2D eigenvalue weighted by Gasteiger charge is -2.23. The van der Waals surface area contributed by atoms with Crippen LogP contribution in [0.3, 0.4) is 0 Å². The molecule has 1 aliphatic heterocycles. The number of carbonyl (C=O) groups excluding carboxylic acids is 1. The molecule has 1 aromatic heterocycles. The highest BCUT2D eigenvalue weighted by Crippen LogP contribution is 2.31. The van der Waals surface area contributed by atoms with Crippen LogP contribution in [0.4, 0.5) is 0 Å². The Morgan fingerprint density at radius 2 is 1.71 bits per heavy atom. The third kappa shape index (κ3) is 6.64. The normalized spacial score (nSPS) is 15.0. The third-order valence-electron chi connectivity index (χ3n) is 6.19. The standard InChI is InChI=1S/C27H34N4O3S/c1-21(26(32)30-16-10-3-4-11-17-30)35-27-29-28-25(31(27)18-19-33-2)20-34-24-15-9-8-14-23(24)22-12-6-5-7-13-22/h5-9,12-15,21H,3-4,10-11,16-20H2,1-2H3. The highest BCUT2D eigenvalue weighted by molar-refractivity contribution is 8.00. The van der Waals surface area contributed by atoms with Crippen LogP contribution in [0, 0.1) is 0 Å². The van der Waals surface area contributed by atoms with Crippen molar-refractivity contribution in [3.8, 4) is 16.9 Å². The van der Waals surface area contributed by atoms with Crippen LogP contribution in [0.15, 0.2) is 59.8 Å². The van der Waals surface area contributed by atoms with Crippen molar-refractivity contribution in [2.75, 3.05) is 26.8 Å². The molecule has 1 unspecified atom stereocenters. The second-order valence-electron chi connectivity index (χ2n) is 8.69. The minimum absolute atomic E-state index is 0.174. The summed E-state index contributed by atoms with van der Waals surface area (Å²) < 4.78 is 13.6. The van der Waals surface area contributed by atoms with Crippen LogP contribution in [0.1, 0.15) is 38.4 Å². The summed E-state index contributed by atoms with van der Waals surface area (Å²) in [4.78, 5) is 15.1. The number of thioether (sulfide) groups is 1. The molecule has 0 bridgehead atoms. The second-order valence-corrected chi connectivity index (χ2v) is 10.0. The molecule has 2 aromatic carbocycles. The van der Waals surface area contributed by atoms with Gasteiger partial charge in [0.05, 0.1) is 11.9 Å². The number of rotatable bonds is 10. The van der Waals surface area contributed by atoms with Gasteiger partial charge in [-0.1, -0.05) is 73.1 Å².